The summed E-state index contributed by atoms with van der Waals surface area (Å²) in [6, 6.07) is -0.791. The Hall–Kier alpha value is -4.56. The first-order chi connectivity index (χ1) is 49.7. The third-order valence-electron chi connectivity index (χ3n) is 13.8. The standard InChI is InChI=1S/2C12H25NO2.3C11H23NO2.2C10H21NO2.C9H19NO2/c1-8(2)7-11(13-9(3)4)12(14)15-10(5)6;1-7-8-10(13-12(4,5)6)11(14)15-9(2)3;2*1-7-8(2)14-10(13)9(3)12-11(4,5)6;1-6-10(7-2)14-11(13)9(5)12-8(3)4;1-7(2)13-9(12)8(3)11-10(4,5)6;1-6-9(11-7(2)3)10(12)13-8(4)5;1-6-12-8(11)7(2)10-9(3,4)5/h8-11,13H,7H2,1-6H3;9-10,13H,7-8H2,1-6H3;2*8-9,12H,7H2,1-6H3;8-10,12H,6-7H2,1-5H3;7-8,11H,1-6H3;7-9,11H,6H2,1-5H3;7,10H,6H2,1-5H3/t11-;10-;8-,9+;8-,9-;9-;8-;9-;7-/m00100000/s1. The van der Waals surface area contributed by atoms with Crippen LogP contribution in [-0.2, 0) is 76.3 Å². The molecule has 0 radical (unpaired) electrons. The van der Waals surface area contributed by atoms with Crippen LogP contribution in [0.1, 0.15) is 363 Å². The van der Waals surface area contributed by atoms with Gasteiger partial charge >= 0.3 is 47.8 Å². The summed E-state index contributed by atoms with van der Waals surface area (Å²) in [5, 5.41) is 25.4. The van der Waals surface area contributed by atoms with Gasteiger partial charge in [0.05, 0.1) is 43.2 Å². The summed E-state index contributed by atoms with van der Waals surface area (Å²) in [7, 11) is 0. The average molecular weight is 1580 g/mol. The van der Waals surface area contributed by atoms with Crippen LogP contribution in [0.15, 0.2) is 0 Å². The van der Waals surface area contributed by atoms with Gasteiger partial charge < -0.3 is 53.8 Å². The number of carbonyl (C=O) groups is 8. The second-order valence-corrected chi connectivity index (χ2v) is 35.9. The highest BCUT2D eigenvalue weighted by molar-refractivity contribution is 5.78. The van der Waals surface area contributed by atoms with Crippen molar-refractivity contribution in [1.29, 1.82) is 0 Å². The summed E-state index contributed by atoms with van der Waals surface area (Å²) in [5.41, 5.74) is -0.292. The van der Waals surface area contributed by atoms with Crippen molar-refractivity contribution in [1.82, 2.24) is 42.5 Å². The van der Waals surface area contributed by atoms with E-state index in [0.29, 0.717) is 30.7 Å². The van der Waals surface area contributed by atoms with Crippen LogP contribution in [0.2, 0.25) is 0 Å². The zero-order valence-electron chi connectivity index (χ0n) is 79.4. The van der Waals surface area contributed by atoms with Crippen LogP contribution in [0, 0.1) is 5.92 Å². The predicted molar refractivity (Wildman–Crippen MR) is 456 cm³/mol. The fourth-order valence-corrected chi connectivity index (χ4v) is 9.36. The van der Waals surface area contributed by atoms with Gasteiger partial charge in [-0.2, -0.15) is 0 Å². The topological polar surface area (TPSA) is 307 Å². The lowest BCUT2D eigenvalue weighted by Crippen LogP contribution is -2.48. The summed E-state index contributed by atoms with van der Waals surface area (Å²) >= 11 is 0. The van der Waals surface area contributed by atoms with Crippen LogP contribution in [-0.4, -0.2) is 191 Å². The van der Waals surface area contributed by atoms with Crippen LogP contribution in [0.3, 0.4) is 0 Å². The Labute approximate surface area is 675 Å². The van der Waals surface area contributed by atoms with Crippen molar-refractivity contribution in [3.05, 3.63) is 0 Å². The lowest BCUT2D eigenvalue weighted by molar-refractivity contribution is -0.152. The SMILES string of the molecule is CC(C)C[C@H](NC(C)C)C(=O)OC(C)C.CC(C)OC(=O)[C@H](C)NC(C)(C)C.CCC(CC)OC(=O)[C@H](C)NC(C)C.CCC[C@H](NC(C)(C)C)C(=O)OC(C)C.CCOC(=O)[C@H](C)NC(C)(C)C.CC[C@@H](C)OC(=O)[C@H](C)NC(C)(C)C.CC[C@H](C)OC(=O)[C@H](C)NC(C)(C)C.CC[C@H](NC(C)C)C(=O)OC(C)C. The molecule has 24 nitrogen and oxygen atoms in total. The maximum absolute atomic E-state index is 11.7. The Bertz CT molecular complexity index is 2270. The van der Waals surface area contributed by atoms with Crippen LogP contribution in [0.25, 0.3) is 0 Å². The van der Waals surface area contributed by atoms with Gasteiger partial charge in [0.15, 0.2) is 0 Å². The van der Waals surface area contributed by atoms with E-state index in [9.17, 15) is 38.4 Å². The number of carbonyl (C=O) groups excluding carboxylic acids is 8. The molecular formula is C86H180N8O16. The Kier molecular flexibility index (Phi) is 71.2. The van der Waals surface area contributed by atoms with Crippen molar-refractivity contribution in [2.75, 3.05) is 6.61 Å². The zero-order chi connectivity index (χ0) is 88.8. The third-order valence-corrected chi connectivity index (χ3v) is 13.8. The fraction of sp³-hybridized carbons (Fsp3) is 0.907. The van der Waals surface area contributed by atoms with Crippen LogP contribution in [0.4, 0.5) is 0 Å². The van der Waals surface area contributed by atoms with Gasteiger partial charge in [-0.3, -0.25) is 64.9 Å². The molecule has 0 unspecified atom stereocenters. The molecule has 660 valence electrons. The Morgan fingerprint density at radius 2 is 0.536 bits per heavy atom. The number of esters is 8. The van der Waals surface area contributed by atoms with Crippen molar-refractivity contribution in [2.24, 2.45) is 5.92 Å². The summed E-state index contributed by atoms with van der Waals surface area (Å²) in [6.45, 7) is 89.0. The maximum Gasteiger partial charge on any atom is 0.323 e. The lowest BCUT2D eigenvalue weighted by atomic mass is 10.0. The van der Waals surface area contributed by atoms with E-state index in [-0.39, 0.29) is 167 Å². The number of ether oxygens (including phenoxy) is 8. The molecule has 0 aliphatic heterocycles. The van der Waals surface area contributed by atoms with Gasteiger partial charge in [0.25, 0.3) is 0 Å². The van der Waals surface area contributed by atoms with E-state index >= 15 is 0 Å². The molecule has 0 aromatic carbocycles. The molecule has 24 heteroatoms. The van der Waals surface area contributed by atoms with E-state index in [0.717, 1.165) is 51.4 Å². The lowest BCUT2D eigenvalue weighted by Gasteiger charge is -2.27. The highest BCUT2D eigenvalue weighted by Gasteiger charge is 2.29. The molecule has 110 heavy (non-hydrogen) atoms. The molecule has 8 N–H and O–H groups in total. The summed E-state index contributed by atoms with van der Waals surface area (Å²) < 4.78 is 41.2. The van der Waals surface area contributed by atoms with Crippen LogP contribution < -0.4 is 42.5 Å². The minimum atomic E-state index is -0.248. The molecule has 0 heterocycles. The first kappa shape index (κ1) is 121. The summed E-state index contributed by atoms with van der Waals surface area (Å²) in [5.74, 6) is -0.797. The molecule has 0 aromatic rings. The Morgan fingerprint density at radius 1 is 0.273 bits per heavy atom. The van der Waals surface area contributed by atoms with Crippen molar-refractivity contribution in [2.45, 2.75) is 500 Å². The minimum Gasteiger partial charge on any atom is -0.465 e. The third kappa shape index (κ3) is 85.9. The molecule has 0 aliphatic carbocycles. The van der Waals surface area contributed by atoms with Gasteiger partial charge in [0, 0.05) is 45.8 Å². The highest BCUT2D eigenvalue weighted by atomic mass is 16.6. The van der Waals surface area contributed by atoms with E-state index in [1.165, 1.54) is 0 Å². The molecule has 0 aromatic heterocycles. The van der Waals surface area contributed by atoms with Gasteiger partial charge in [-0.25, -0.2) is 0 Å². The quantitative estimate of drug-likeness (QED) is 0.0213. The van der Waals surface area contributed by atoms with E-state index in [1.807, 2.05) is 270 Å². The van der Waals surface area contributed by atoms with E-state index in [2.05, 4.69) is 84.1 Å². The molecule has 0 rings (SSSR count). The number of hydrogen-bond donors (Lipinski definition) is 8. The average Bonchev–Trinajstić information content (AvgIpc) is 0.922. The van der Waals surface area contributed by atoms with Gasteiger partial charge in [-0.15, -0.1) is 0 Å². The Balaban J connectivity index is -0.000000180. The molecule has 0 spiro atoms. The molecule has 0 bridgehead atoms. The smallest absolute Gasteiger partial charge is 0.323 e. The van der Waals surface area contributed by atoms with Crippen molar-refractivity contribution < 1.29 is 76.3 Å². The normalized spacial score (nSPS) is 14.4. The van der Waals surface area contributed by atoms with Crippen molar-refractivity contribution >= 4 is 47.8 Å². The van der Waals surface area contributed by atoms with Crippen molar-refractivity contribution in [3.63, 3.8) is 0 Å². The number of nitrogens with one attached hydrogen (secondary N) is 8. The second kappa shape index (κ2) is 64.7. The molecule has 0 saturated carbocycles. The van der Waals surface area contributed by atoms with Gasteiger partial charge in [0.1, 0.15) is 54.4 Å². The molecule has 10 atom stereocenters. The molecular weight excluding hydrogens is 1400 g/mol. The van der Waals surface area contributed by atoms with Crippen molar-refractivity contribution in [3.8, 4) is 0 Å². The molecule has 0 saturated heterocycles. The van der Waals surface area contributed by atoms with E-state index in [4.69, 9.17) is 37.9 Å². The monoisotopic (exact) mass is 1580 g/mol. The number of hydrogen-bond acceptors (Lipinski definition) is 24. The minimum absolute atomic E-state index is 0.00622. The summed E-state index contributed by atoms with van der Waals surface area (Å²) in [4.78, 5) is 91.9. The van der Waals surface area contributed by atoms with E-state index in [1.54, 1.807) is 0 Å². The molecule has 0 aliphatic rings. The van der Waals surface area contributed by atoms with Crippen LogP contribution >= 0.6 is 0 Å². The predicted octanol–water partition coefficient (Wildman–Crippen LogP) is 15.9. The molecule has 0 amide bonds. The van der Waals surface area contributed by atoms with E-state index < -0.39 is 0 Å². The van der Waals surface area contributed by atoms with Gasteiger partial charge in [0.2, 0.25) is 0 Å². The first-order valence-electron chi connectivity index (χ1n) is 41.4. The first-order valence-corrected chi connectivity index (χ1v) is 41.4. The van der Waals surface area contributed by atoms with Crippen LogP contribution in [0.5, 0.6) is 0 Å². The largest absolute Gasteiger partial charge is 0.465 e. The van der Waals surface area contributed by atoms with Gasteiger partial charge in [-0.05, 0) is 265 Å². The second-order valence-electron chi connectivity index (χ2n) is 35.9. The Morgan fingerprint density at radius 3 is 0.782 bits per heavy atom. The molecule has 0 fully saturated rings. The van der Waals surface area contributed by atoms with Gasteiger partial charge in [-0.1, -0.05) is 103 Å². The zero-order valence-corrected chi connectivity index (χ0v) is 79.4. The number of rotatable bonds is 36. The highest BCUT2D eigenvalue weighted by Crippen LogP contribution is 2.13. The fourth-order valence-electron chi connectivity index (χ4n) is 9.36. The summed E-state index contributed by atoms with van der Waals surface area (Å²) in [6.07, 6.45) is 6.79. The maximum atomic E-state index is 11.7.